The van der Waals surface area contributed by atoms with E-state index in [0.717, 1.165) is 6.39 Å². The van der Waals surface area contributed by atoms with Crippen molar-refractivity contribution < 1.29 is 41.7 Å². The van der Waals surface area contributed by atoms with E-state index in [1.165, 1.54) is 19.1 Å². The maximum Gasteiger partial charge on any atom is 0.343 e. The van der Waals surface area contributed by atoms with Crippen LogP contribution in [0.5, 0.6) is 5.75 Å². The third-order valence-electron chi connectivity index (χ3n) is 3.87. The molecule has 1 heterocycles. The van der Waals surface area contributed by atoms with Gasteiger partial charge in [0.15, 0.2) is 35.2 Å². The lowest BCUT2D eigenvalue weighted by Gasteiger charge is -2.09. The van der Waals surface area contributed by atoms with E-state index < -0.39 is 46.1 Å². The number of nitrogens with zero attached hydrogens (tertiary/aromatic N) is 2. The van der Waals surface area contributed by atoms with Gasteiger partial charge in [0.1, 0.15) is 28.3 Å². The monoisotopic (exact) mass is 424 g/mol. The molecule has 0 aliphatic heterocycles. The van der Waals surface area contributed by atoms with E-state index in [1.54, 1.807) is 0 Å². The molecule has 0 atom stereocenters. The molecule has 7 nitrogen and oxygen atoms in total. The molecule has 3 aromatic rings. The molecule has 1 aromatic heterocycles. The van der Waals surface area contributed by atoms with Gasteiger partial charge in [-0.2, -0.15) is 0 Å². The van der Waals surface area contributed by atoms with Gasteiger partial charge in [0.05, 0.1) is 12.2 Å². The van der Waals surface area contributed by atoms with Gasteiger partial charge in [-0.15, -0.1) is 0 Å². The van der Waals surface area contributed by atoms with Crippen LogP contribution >= 0.6 is 0 Å². The number of hydrogen-bond acceptors (Lipinski definition) is 7. The van der Waals surface area contributed by atoms with Crippen molar-refractivity contribution in [2.45, 2.75) is 6.92 Å². The average molecular weight is 424 g/mol. The Morgan fingerprint density at radius 2 is 1.93 bits per heavy atom. The topological polar surface area (TPSA) is 105 Å². The summed E-state index contributed by atoms with van der Waals surface area (Å²) in [5, 5.41) is 20.3. The van der Waals surface area contributed by atoms with Crippen LogP contribution < -0.4 is 0 Å². The summed E-state index contributed by atoms with van der Waals surface area (Å²) in [5.41, 5.74) is -1.52. The number of phenolic OH excluding ortho intramolecular Hbond substituents is 1. The zero-order valence-corrected chi connectivity index (χ0v) is 15.1. The molecular formula is C19H12F4N2O5. The van der Waals surface area contributed by atoms with Crippen LogP contribution in [0.1, 0.15) is 12.5 Å². The second-order valence-corrected chi connectivity index (χ2v) is 5.75. The summed E-state index contributed by atoms with van der Waals surface area (Å²) in [6.45, 7) is 1.28. The molecule has 2 N–H and O–H groups in total. The maximum absolute atomic E-state index is 14.0. The van der Waals surface area contributed by atoms with E-state index in [9.17, 15) is 32.6 Å². The van der Waals surface area contributed by atoms with Crippen LogP contribution in [-0.2, 0) is 9.53 Å². The first-order valence-electron chi connectivity index (χ1n) is 8.28. The van der Waals surface area contributed by atoms with Gasteiger partial charge < -0.3 is 19.4 Å². The van der Waals surface area contributed by atoms with Crippen LogP contribution in [0.4, 0.5) is 23.2 Å². The molecule has 0 radical (unpaired) electrons. The van der Waals surface area contributed by atoms with Gasteiger partial charge >= 0.3 is 5.97 Å². The molecule has 0 spiro atoms. The van der Waals surface area contributed by atoms with Gasteiger partial charge in [-0.05, 0) is 13.0 Å². The number of esters is 1. The van der Waals surface area contributed by atoms with E-state index in [-0.39, 0.29) is 29.7 Å². The fourth-order valence-corrected chi connectivity index (χ4v) is 2.43. The van der Waals surface area contributed by atoms with Crippen LogP contribution in [0.15, 0.2) is 39.6 Å². The predicted molar refractivity (Wildman–Crippen MR) is 96.3 cm³/mol. The molecule has 2 aromatic carbocycles. The Morgan fingerprint density at radius 3 is 2.63 bits per heavy atom. The summed E-state index contributed by atoms with van der Waals surface area (Å²) in [6.07, 6.45) is 1.80. The molecule has 11 heteroatoms. The molecule has 0 fully saturated rings. The summed E-state index contributed by atoms with van der Waals surface area (Å²) in [7, 11) is 0. The fraction of sp³-hybridized carbons (Fsp3) is 0.105. The molecule has 0 amide bonds. The Kier molecular flexibility index (Phi) is 5.72. The Morgan fingerprint density at radius 1 is 1.20 bits per heavy atom. The van der Waals surface area contributed by atoms with Crippen LogP contribution in [-0.4, -0.2) is 34.0 Å². The first-order valence-corrected chi connectivity index (χ1v) is 8.28. The van der Waals surface area contributed by atoms with Crippen molar-refractivity contribution in [3.8, 4) is 5.75 Å². The third kappa shape index (κ3) is 3.81. The molecule has 30 heavy (non-hydrogen) atoms. The number of phenols is 1. The van der Waals surface area contributed by atoms with Gasteiger partial charge in [0, 0.05) is 18.3 Å². The Balaban J connectivity index is 2.14. The number of aliphatic imine (C=N–C) groups is 1. The summed E-state index contributed by atoms with van der Waals surface area (Å²) >= 11 is 0. The highest BCUT2D eigenvalue weighted by molar-refractivity contribution is 6.15. The van der Waals surface area contributed by atoms with Gasteiger partial charge in [-0.1, -0.05) is 0 Å². The number of aromatic nitrogens is 1. The molecule has 156 valence electrons. The van der Waals surface area contributed by atoms with E-state index in [0.29, 0.717) is 11.7 Å². The SMILES string of the molecule is CCOC(=O)/C(C=Nc1cc2ocnc2cc1O)=C(\O)c1cc(F)c(F)c(F)c1F. The smallest absolute Gasteiger partial charge is 0.343 e. The van der Waals surface area contributed by atoms with Crippen molar-refractivity contribution in [1.82, 2.24) is 4.98 Å². The minimum Gasteiger partial charge on any atom is -0.506 e. The number of ether oxygens (including phenoxy) is 1. The average Bonchev–Trinajstić information content (AvgIpc) is 3.16. The Hall–Kier alpha value is -3.89. The third-order valence-corrected chi connectivity index (χ3v) is 3.87. The second-order valence-electron chi connectivity index (χ2n) is 5.75. The van der Waals surface area contributed by atoms with Crippen molar-refractivity contribution in [2.24, 2.45) is 4.99 Å². The number of oxazole rings is 1. The summed E-state index contributed by atoms with van der Waals surface area (Å²) < 4.78 is 64.0. The number of aliphatic hydroxyl groups excluding tert-OH is 1. The van der Waals surface area contributed by atoms with Gasteiger partial charge in [-0.25, -0.2) is 27.3 Å². The number of aromatic hydroxyl groups is 1. The lowest BCUT2D eigenvalue weighted by Crippen LogP contribution is -2.12. The Bertz CT molecular complexity index is 1200. The number of carbonyl (C=O) groups is 1. The molecule has 0 bridgehead atoms. The van der Waals surface area contributed by atoms with Gasteiger partial charge in [0.25, 0.3) is 0 Å². The summed E-state index contributed by atoms with van der Waals surface area (Å²) in [6, 6.07) is 2.64. The minimum absolute atomic E-state index is 0.134. The first-order chi connectivity index (χ1) is 14.2. The summed E-state index contributed by atoms with van der Waals surface area (Å²) in [4.78, 5) is 19.8. The van der Waals surface area contributed by atoms with Crippen LogP contribution in [0.2, 0.25) is 0 Å². The first kappa shape index (κ1) is 20.8. The minimum atomic E-state index is -2.18. The number of rotatable bonds is 5. The second kappa shape index (κ2) is 8.23. The van der Waals surface area contributed by atoms with Crippen molar-refractivity contribution in [2.75, 3.05) is 6.61 Å². The molecule has 0 aliphatic rings. The van der Waals surface area contributed by atoms with Crippen molar-refractivity contribution >= 4 is 34.7 Å². The standard InChI is InChI=1S/C19H12F4N2O5/c1-2-29-19(28)9(18(27)8-3-10(20)16(22)17(23)15(8)21)6-24-11-5-14-12(4-13(11)26)25-7-30-14/h3-7,26-27H,2H2,1H3/b18-9-,24-6?. The lowest BCUT2D eigenvalue weighted by atomic mass is 10.1. The Labute approximate surface area is 165 Å². The number of fused-ring (bicyclic) bond motifs is 1. The molecular weight excluding hydrogens is 412 g/mol. The highest BCUT2D eigenvalue weighted by Gasteiger charge is 2.25. The molecule has 0 unspecified atom stereocenters. The molecule has 0 saturated heterocycles. The molecule has 3 rings (SSSR count). The van der Waals surface area contributed by atoms with Gasteiger partial charge in [0.2, 0.25) is 0 Å². The molecule has 0 saturated carbocycles. The highest BCUT2D eigenvalue weighted by Crippen LogP contribution is 2.32. The van der Waals surface area contributed by atoms with Crippen LogP contribution in [0, 0.1) is 23.3 Å². The van der Waals surface area contributed by atoms with Gasteiger partial charge in [-0.3, -0.25) is 4.99 Å². The number of carbonyl (C=O) groups excluding carboxylic acids is 1. The van der Waals surface area contributed by atoms with E-state index in [1.807, 2.05) is 0 Å². The molecule has 0 aliphatic carbocycles. The van der Waals surface area contributed by atoms with E-state index in [2.05, 4.69) is 9.98 Å². The quantitative estimate of drug-likeness (QED) is 0.120. The van der Waals surface area contributed by atoms with Crippen LogP contribution in [0.3, 0.4) is 0 Å². The number of aliphatic hydroxyl groups is 1. The lowest BCUT2D eigenvalue weighted by molar-refractivity contribution is -0.137. The van der Waals surface area contributed by atoms with Crippen molar-refractivity contribution in [1.29, 1.82) is 0 Å². The normalized spacial score (nSPS) is 12.4. The van der Waals surface area contributed by atoms with Crippen molar-refractivity contribution in [3.05, 3.63) is 59.0 Å². The van der Waals surface area contributed by atoms with Crippen molar-refractivity contribution in [3.63, 3.8) is 0 Å². The fourth-order valence-electron chi connectivity index (χ4n) is 2.43. The van der Waals surface area contributed by atoms with Crippen LogP contribution in [0.25, 0.3) is 16.9 Å². The predicted octanol–water partition coefficient (Wildman–Crippen LogP) is 4.32. The maximum atomic E-state index is 14.0. The van der Waals surface area contributed by atoms with E-state index >= 15 is 0 Å². The highest BCUT2D eigenvalue weighted by atomic mass is 19.2. The summed E-state index contributed by atoms with van der Waals surface area (Å²) in [5.74, 6) is -10.8. The number of halogens is 4. The number of hydrogen-bond donors (Lipinski definition) is 2. The number of benzene rings is 2. The largest absolute Gasteiger partial charge is 0.506 e. The zero-order valence-electron chi connectivity index (χ0n) is 15.1. The van der Waals surface area contributed by atoms with E-state index in [4.69, 9.17) is 9.15 Å². The zero-order chi connectivity index (χ0) is 22.0.